The first kappa shape index (κ1) is 15.9. The summed E-state index contributed by atoms with van der Waals surface area (Å²) in [6.45, 7) is 3.89. The van der Waals surface area contributed by atoms with Crippen molar-refractivity contribution in [2.75, 3.05) is 20.3 Å². The van der Waals surface area contributed by atoms with Crippen LogP contribution in [-0.4, -0.2) is 20.3 Å². The maximum atomic E-state index is 5.12. The summed E-state index contributed by atoms with van der Waals surface area (Å²) < 4.78 is 6.45. The van der Waals surface area contributed by atoms with Crippen LogP contribution in [0, 0.1) is 2.88 Å². The van der Waals surface area contributed by atoms with Gasteiger partial charge >= 0.3 is 0 Å². The summed E-state index contributed by atoms with van der Waals surface area (Å²) >= 11 is 4.18. The third-order valence-electron chi connectivity index (χ3n) is 3.24. The topological polar surface area (TPSA) is 21.3 Å². The van der Waals surface area contributed by atoms with E-state index in [-0.39, 0.29) is 6.04 Å². The number of halogens is 1. The molecule has 1 aromatic heterocycles. The van der Waals surface area contributed by atoms with E-state index < -0.39 is 0 Å². The maximum Gasteiger partial charge on any atom is 0.0656 e. The Hall–Kier alpha value is -0.430. The van der Waals surface area contributed by atoms with Crippen LogP contribution in [0.5, 0.6) is 0 Å². The Kier molecular flexibility index (Phi) is 6.48. The number of nitrogens with one attached hydrogen (secondary N) is 1. The summed E-state index contributed by atoms with van der Waals surface area (Å²) in [5.41, 5.74) is 4.00. The zero-order chi connectivity index (χ0) is 14.4. The lowest BCUT2D eigenvalue weighted by molar-refractivity contribution is 0.202. The van der Waals surface area contributed by atoms with Crippen molar-refractivity contribution in [3.05, 3.63) is 55.3 Å². The van der Waals surface area contributed by atoms with Gasteiger partial charge in [0, 0.05) is 7.11 Å². The van der Waals surface area contributed by atoms with E-state index in [1.807, 2.05) is 0 Å². The Morgan fingerprint density at radius 3 is 2.55 bits per heavy atom. The lowest BCUT2D eigenvalue weighted by Gasteiger charge is -2.17. The van der Waals surface area contributed by atoms with Crippen LogP contribution in [0.25, 0.3) is 0 Å². The minimum absolute atomic E-state index is 0.288. The summed E-state index contributed by atoms with van der Waals surface area (Å²) in [6, 6.07) is 11.4. The standard InChI is InChI=1S/C16H20INOS/c1-3-18-16(14-10-15(17)20-11-14)13-6-4-12(5-7-13)8-9-19-2/h4-7,10-11,16,18H,3,8-9H2,1-2H3. The van der Waals surface area contributed by atoms with E-state index in [1.165, 1.54) is 19.6 Å². The molecule has 1 atom stereocenters. The molecule has 2 nitrogen and oxygen atoms in total. The molecule has 1 heterocycles. The molecule has 0 fully saturated rings. The summed E-state index contributed by atoms with van der Waals surface area (Å²) in [5, 5.41) is 5.81. The Bertz CT molecular complexity index is 524. The first-order chi connectivity index (χ1) is 9.74. The van der Waals surface area contributed by atoms with Crippen LogP contribution >= 0.6 is 33.9 Å². The molecule has 0 aliphatic heterocycles. The minimum atomic E-state index is 0.288. The number of rotatable bonds is 7. The third-order valence-corrected chi connectivity index (χ3v) is 5.04. The number of ether oxygens (including phenoxy) is 1. The molecule has 0 bridgehead atoms. The highest BCUT2D eigenvalue weighted by atomic mass is 127. The van der Waals surface area contributed by atoms with E-state index in [0.717, 1.165) is 19.6 Å². The summed E-state index contributed by atoms with van der Waals surface area (Å²) in [4.78, 5) is 0. The Morgan fingerprint density at radius 2 is 2.00 bits per heavy atom. The highest BCUT2D eigenvalue weighted by Gasteiger charge is 2.14. The normalized spacial score (nSPS) is 12.6. The Labute approximate surface area is 138 Å². The number of benzene rings is 1. The van der Waals surface area contributed by atoms with E-state index in [1.54, 1.807) is 18.4 Å². The predicted octanol–water partition coefficient (Wildman–Crippen LogP) is 4.24. The molecule has 4 heteroatoms. The van der Waals surface area contributed by atoms with Gasteiger partial charge in [0.1, 0.15) is 0 Å². The van der Waals surface area contributed by atoms with Gasteiger partial charge in [0.15, 0.2) is 0 Å². The van der Waals surface area contributed by atoms with E-state index in [0.29, 0.717) is 0 Å². The average Bonchev–Trinajstić information content (AvgIpc) is 2.89. The van der Waals surface area contributed by atoms with Crippen molar-refractivity contribution < 1.29 is 4.74 Å². The fourth-order valence-electron chi connectivity index (χ4n) is 2.20. The molecule has 108 valence electrons. The van der Waals surface area contributed by atoms with Crippen molar-refractivity contribution >= 4 is 33.9 Å². The molecule has 1 N–H and O–H groups in total. The molecule has 0 spiro atoms. The first-order valence-electron chi connectivity index (χ1n) is 6.79. The highest BCUT2D eigenvalue weighted by Crippen LogP contribution is 2.27. The van der Waals surface area contributed by atoms with Gasteiger partial charge in [0.05, 0.1) is 15.5 Å². The SMILES string of the molecule is CCNC(c1ccc(CCOC)cc1)c1csc(I)c1. The molecule has 2 aromatic rings. The van der Waals surface area contributed by atoms with E-state index in [9.17, 15) is 0 Å². The monoisotopic (exact) mass is 401 g/mol. The van der Waals surface area contributed by atoms with Crippen molar-refractivity contribution in [1.82, 2.24) is 5.32 Å². The number of hydrogen-bond donors (Lipinski definition) is 1. The fraction of sp³-hybridized carbons (Fsp3) is 0.375. The molecule has 20 heavy (non-hydrogen) atoms. The van der Waals surface area contributed by atoms with Crippen LogP contribution in [-0.2, 0) is 11.2 Å². The van der Waals surface area contributed by atoms with Gasteiger partial charge in [-0.25, -0.2) is 0 Å². The maximum absolute atomic E-state index is 5.12. The van der Waals surface area contributed by atoms with E-state index in [4.69, 9.17) is 4.74 Å². The van der Waals surface area contributed by atoms with Crippen molar-refractivity contribution in [1.29, 1.82) is 0 Å². The lowest BCUT2D eigenvalue weighted by Crippen LogP contribution is -2.21. The van der Waals surface area contributed by atoms with Crippen molar-refractivity contribution in [3.63, 3.8) is 0 Å². The smallest absolute Gasteiger partial charge is 0.0656 e. The first-order valence-corrected chi connectivity index (χ1v) is 8.75. The molecule has 0 saturated carbocycles. The largest absolute Gasteiger partial charge is 0.384 e. The molecule has 0 radical (unpaired) electrons. The summed E-state index contributed by atoms with van der Waals surface area (Å²) in [7, 11) is 1.74. The van der Waals surface area contributed by atoms with Crippen LogP contribution in [0.3, 0.4) is 0 Å². The number of hydrogen-bond acceptors (Lipinski definition) is 3. The molecule has 0 saturated heterocycles. The average molecular weight is 401 g/mol. The lowest BCUT2D eigenvalue weighted by atomic mass is 9.99. The quantitative estimate of drug-likeness (QED) is 0.701. The van der Waals surface area contributed by atoms with Gasteiger partial charge in [-0.15, -0.1) is 11.3 Å². The summed E-state index contributed by atoms with van der Waals surface area (Å²) in [6.07, 6.45) is 0.971. The predicted molar refractivity (Wildman–Crippen MR) is 94.6 cm³/mol. The molecule has 0 amide bonds. The molecular weight excluding hydrogens is 381 g/mol. The van der Waals surface area contributed by atoms with Crippen LogP contribution < -0.4 is 5.32 Å². The van der Waals surface area contributed by atoms with Crippen LogP contribution in [0.4, 0.5) is 0 Å². The van der Waals surface area contributed by atoms with Crippen LogP contribution in [0.2, 0.25) is 0 Å². The van der Waals surface area contributed by atoms with Crippen molar-refractivity contribution in [3.8, 4) is 0 Å². The number of thiophene rings is 1. The zero-order valence-electron chi connectivity index (χ0n) is 11.9. The second-order valence-corrected chi connectivity index (χ2v) is 7.46. The molecular formula is C16H20INOS. The third kappa shape index (κ3) is 4.28. The van der Waals surface area contributed by atoms with Gasteiger partial charge in [-0.1, -0.05) is 31.2 Å². The molecule has 0 aliphatic rings. The van der Waals surface area contributed by atoms with Gasteiger partial charge in [0.2, 0.25) is 0 Å². The van der Waals surface area contributed by atoms with Crippen molar-refractivity contribution in [2.45, 2.75) is 19.4 Å². The van der Waals surface area contributed by atoms with E-state index >= 15 is 0 Å². The number of methoxy groups -OCH3 is 1. The molecule has 2 rings (SSSR count). The minimum Gasteiger partial charge on any atom is -0.384 e. The van der Waals surface area contributed by atoms with Crippen molar-refractivity contribution in [2.24, 2.45) is 0 Å². The molecule has 0 aliphatic carbocycles. The molecule has 1 unspecified atom stereocenters. The zero-order valence-corrected chi connectivity index (χ0v) is 14.8. The Morgan fingerprint density at radius 1 is 1.25 bits per heavy atom. The van der Waals surface area contributed by atoms with Gasteiger partial charge in [-0.3, -0.25) is 0 Å². The van der Waals surface area contributed by atoms with Gasteiger partial charge in [0.25, 0.3) is 0 Å². The summed E-state index contributed by atoms with van der Waals surface area (Å²) in [5.74, 6) is 0. The van der Waals surface area contributed by atoms with Gasteiger partial charge < -0.3 is 10.1 Å². The van der Waals surface area contributed by atoms with Gasteiger partial charge in [-0.2, -0.15) is 0 Å². The van der Waals surface area contributed by atoms with Crippen LogP contribution in [0.15, 0.2) is 35.7 Å². The van der Waals surface area contributed by atoms with Gasteiger partial charge in [-0.05, 0) is 63.7 Å². The highest BCUT2D eigenvalue weighted by molar-refractivity contribution is 14.1. The fourth-order valence-corrected chi connectivity index (χ4v) is 3.60. The molecule has 1 aromatic carbocycles. The second kappa shape index (κ2) is 8.12. The van der Waals surface area contributed by atoms with E-state index in [2.05, 4.69) is 70.5 Å². The van der Waals surface area contributed by atoms with Crippen LogP contribution in [0.1, 0.15) is 29.7 Å². The second-order valence-electron chi connectivity index (χ2n) is 4.66. The Balaban J connectivity index is 2.17.